The SMILES string of the molecule is CC(C)(C)CC(C)(C)NC(=O)C(C)(C)C(N)=NO. The molecule has 0 aliphatic carbocycles. The molecule has 0 saturated heterocycles. The minimum atomic E-state index is -1.02. The Hall–Kier alpha value is -1.26. The summed E-state index contributed by atoms with van der Waals surface area (Å²) < 4.78 is 0. The first-order valence-electron chi connectivity index (χ1n) is 6.12. The van der Waals surface area contributed by atoms with Gasteiger partial charge < -0.3 is 16.3 Å². The fourth-order valence-corrected chi connectivity index (χ4v) is 2.07. The van der Waals surface area contributed by atoms with E-state index in [1.54, 1.807) is 13.8 Å². The van der Waals surface area contributed by atoms with Crippen molar-refractivity contribution in [1.82, 2.24) is 5.32 Å². The molecule has 0 rings (SSSR count). The molecular formula is C13H27N3O2. The predicted octanol–water partition coefficient (Wildman–Crippen LogP) is 2.09. The second kappa shape index (κ2) is 5.16. The summed E-state index contributed by atoms with van der Waals surface area (Å²) in [7, 11) is 0. The first-order chi connectivity index (χ1) is 7.82. The number of nitrogens with zero attached hydrogens (tertiary/aromatic N) is 1. The van der Waals surface area contributed by atoms with E-state index in [0.717, 1.165) is 6.42 Å². The maximum Gasteiger partial charge on any atom is 0.233 e. The standard InChI is InChI=1S/C13H27N3O2/c1-11(2,3)8-12(4,5)15-10(17)13(6,7)9(14)16-18/h18H,8H2,1-7H3,(H2,14,16)(H,15,17). The Balaban J connectivity index is 4.86. The molecule has 0 atom stereocenters. The predicted molar refractivity (Wildman–Crippen MR) is 73.5 cm³/mol. The fraction of sp³-hybridized carbons (Fsp3) is 0.846. The van der Waals surface area contributed by atoms with Crippen molar-refractivity contribution in [2.45, 2.75) is 60.4 Å². The zero-order valence-corrected chi connectivity index (χ0v) is 12.6. The summed E-state index contributed by atoms with van der Waals surface area (Å²) in [6.07, 6.45) is 0.831. The van der Waals surface area contributed by atoms with Crippen LogP contribution in [0.4, 0.5) is 0 Å². The van der Waals surface area contributed by atoms with Crippen molar-refractivity contribution in [2.24, 2.45) is 21.7 Å². The second-order valence-electron chi connectivity index (χ2n) is 7.19. The number of nitrogens with one attached hydrogen (secondary N) is 1. The Morgan fingerprint density at radius 3 is 1.94 bits per heavy atom. The lowest BCUT2D eigenvalue weighted by Crippen LogP contribution is -2.54. The number of nitrogens with two attached hydrogens (primary N) is 1. The van der Waals surface area contributed by atoms with Crippen molar-refractivity contribution in [3.63, 3.8) is 0 Å². The number of oxime groups is 1. The van der Waals surface area contributed by atoms with Gasteiger partial charge in [0.1, 0.15) is 5.41 Å². The molecule has 18 heavy (non-hydrogen) atoms. The Labute approximate surface area is 110 Å². The Bertz CT molecular complexity index is 339. The molecule has 0 aromatic heterocycles. The molecule has 0 fully saturated rings. The summed E-state index contributed by atoms with van der Waals surface area (Å²) in [5, 5.41) is 14.6. The zero-order valence-electron chi connectivity index (χ0n) is 12.6. The van der Waals surface area contributed by atoms with Gasteiger partial charge in [0.25, 0.3) is 0 Å². The van der Waals surface area contributed by atoms with Gasteiger partial charge in [-0.25, -0.2) is 0 Å². The van der Waals surface area contributed by atoms with Crippen LogP contribution in [0, 0.1) is 10.8 Å². The maximum atomic E-state index is 12.2. The molecule has 0 unspecified atom stereocenters. The van der Waals surface area contributed by atoms with E-state index < -0.39 is 5.41 Å². The monoisotopic (exact) mass is 257 g/mol. The van der Waals surface area contributed by atoms with Crippen LogP contribution in [-0.4, -0.2) is 22.5 Å². The van der Waals surface area contributed by atoms with Gasteiger partial charge in [0.15, 0.2) is 5.84 Å². The van der Waals surface area contributed by atoms with Crippen molar-refractivity contribution >= 4 is 11.7 Å². The number of hydrogen-bond acceptors (Lipinski definition) is 3. The lowest BCUT2D eigenvalue weighted by Gasteiger charge is -2.36. The molecule has 0 aromatic rings. The van der Waals surface area contributed by atoms with Gasteiger partial charge in [0, 0.05) is 5.54 Å². The van der Waals surface area contributed by atoms with Crippen molar-refractivity contribution in [2.75, 3.05) is 0 Å². The molecule has 0 radical (unpaired) electrons. The van der Waals surface area contributed by atoms with Crippen LogP contribution < -0.4 is 11.1 Å². The number of carbonyl (C=O) groups is 1. The van der Waals surface area contributed by atoms with E-state index in [9.17, 15) is 4.79 Å². The molecule has 0 heterocycles. The van der Waals surface area contributed by atoms with Crippen LogP contribution in [0.2, 0.25) is 0 Å². The van der Waals surface area contributed by atoms with E-state index in [4.69, 9.17) is 10.9 Å². The topological polar surface area (TPSA) is 87.7 Å². The summed E-state index contributed by atoms with van der Waals surface area (Å²) in [6, 6.07) is 0. The third-order valence-electron chi connectivity index (χ3n) is 2.74. The fourth-order valence-electron chi connectivity index (χ4n) is 2.07. The summed E-state index contributed by atoms with van der Waals surface area (Å²) in [5.41, 5.74) is 4.28. The summed E-state index contributed by atoms with van der Waals surface area (Å²) in [4.78, 5) is 12.2. The number of amides is 1. The number of hydrogen-bond donors (Lipinski definition) is 3. The molecule has 106 valence electrons. The highest BCUT2D eigenvalue weighted by molar-refractivity contribution is 6.06. The quantitative estimate of drug-likeness (QED) is 0.312. The van der Waals surface area contributed by atoms with E-state index in [-0.39, 0.29) is 22.7 Å². The minimum absolute atomic E-state index is 0.0911. The summed E-state index contributed by atoms with van der Waals surface area (Å²) in [5.74, 6) is -0.335. The van der Waals surface area contributed by atoms with Crippen molar-refractivity contribution in [3.8, 4) is 0 Å². The number of rotatable bonds is 4. The van der Waals surface area contributed by atoms with Gasteiger partial charge >= 0.3 is 0 Å². The first kappa shape index (κ1) is 16.7. The Kier molecular flexibility index (Phi) is 4.80. The van der Waals surface area contributed by atoms with Gasteiger partial charge in [0.2, 0.25) is 5.91 Å². The molecule has 0 aromatic carbocycles. The van der Waals surface area contributed by atoms with Gasteiger partial charge in [-0.05, 0) is 39.5 Å². The Morgan fingerprint density at radius 1 is 1.17 bits per heavy atom. The maximum absolute atomic E-state index is 12.2. The van der Waals surface area contributed by atoms with Crippen LogP contribution >= 0.6 is 0 Å². The van der Waals surface area contributed by atoms with Gasteiger partial charge in [-0.15, -0.1) is 0 Å². The second-order valence-corrected chi connectivity index (χ2v) is 7.19. The van der Waals surface area contributed by atoms with E-state index in [1.807, 2.05) is 13.8 Å². The van der Waals surface area contributed by atoms with Crippen LogP contribution in [0.3, 0.4) is 0 Å². The molecule has 0 bridgehead atoms. The van der Waals surface area contributed by atoms with Gasteiger partial charge in [-0.3, -0.25) is 4.79 Å². The molecule has 0 spiro atoms. The third-order valence-corrected chi connectivity index (χ3v) is 2.74. The highest BCUT2D eigenvalue weighted by atomic mass is 16.4. The average Bonchev–Trinajstić information content (AvgIpc) is 2.11. The highest BCUT2D eigenvalue weighted by Gasteiger charge is 2.37. The molecule has 0 aliphatic rings. The smallest absolute Gasteiger partial charge is 0.233 e. The lowest BCUT2D eigenvalue weighted by atomic mass is 9.80. The lowest BCUT2D eigenvalue weighted by molar-refractivity contribution is -0.128. The molecule has 4 N–H and O–H groups in total. The van der Waals surface area contributed by atoms with E-state index in [1.165, 1.54) is 0 Å². The molecule has 0 aliphatic heterocycles. The van der Waals surface area contributed by atoms with Crippen LogP contribution in [0.25, 0.3) is 0 Å². The van der Waals surface area contributed by atoms with E-state index in [0.29, 0.717) is 0 Å². The summed E-state index contributed by atoms with van der Waals surface area (Å²) >= 11 is 0. The number of amidine groups is 1. The summed E-state index contributed by atoms with van der Waals surface area (Å²) in [6.45, 7) is 13.6. The molecule has 0 saturated carbocycles. The van der Waals surface area contributed by atoms with Crippen LogP contribution in [-0.2, 0) is 4.79 Å². The van der Waals surface area contributed by atoms with Crippen molar-refractivity contribution < 1.29 is 10.0 Å². The molecular weight excluding hydrogens is 230 g/mol. The van der Waals surface area contributed by atoms with Crippen LogP contribution in [0.5, 0.6) is 0 Å². The van der Waals surface area contributed by atoms with Crippen molar-refractivity contribution in [1.29, 1.82) is 0 Å². The molecule has 5 nitrogen and oxygen atoms in total. The zero-order chi connectivity index (χ0) is 14.8. The molecule has 1 amide bonds. The normalized spacial score (nSPS) is 14.5. The average molecular weight is 257 g/mol. The van der Waals surface area contributed by atoms with Crippen LogP contribution in [0.1, 0.15) is 54.9 Å². The van der Waals surface area contributed by atoms with Crippen molar-refractivity contribution in [3.05, 3.63) is 0 Å². The highest BCUT2D eigenvalue weighted by Crippen LogP contribution is 2.28. The van der Waals surface area contributed by atoms with Gasteiger partial charge in [-0.2, -0.15) is 0 Å². The third kappa shape index (κ3) is 4.94. The Morgan fingerprint density at radius 2 is 1.61 bits per heavy atom. The minimum Gasteiger partial charge on any atom is -0.409 e. The first-order valence-corrected chi connectivity index (χ1v) is 6.12. The van der Waals surface area contributed by atoms with Gasteiger partial charge in [0.05, 0.1) is 0 Å². The van der Waals surface area contributed by atoms with Gasteiger partial charge in [-0.1, -0.05) is 25.9 Å². The van der Waals surface area contributed by atoms with E-state index >= 15 is 0 Å². The molecule has 5 heteroatoms. The van der Waals surface area contributed by atoms with E-state index in [2.05, 4.69) is 31.2 Å². The van der Waals surface area contributed by atoms with Crippen LogP contribution in [0.15, 0.2) is 5.16 Å². The largest absolute Gasteiger partial charge is 0.409 e. The number of carbonyl (C=O) groups excluding carboxylic acids is 1.